The van der Waals surface area contributed by atoms with E-state index in [0.717, 1.165) is 114 Å². The van der Waals surface area contributed by atoms with E-state index in [2.05, 4.69) is 72.0 Å². The van der Waals surface area contributed by atoms with Crippen molar-refractivity contribution in [3.8, 4) is 5.75 Å². The van der Waals surface area contributed by atoms with Crippen molar-refractivity contribution in [2.24, 2.45) is 14.1 Å². The van der Waals surface area contributed by atoms with Gasteiger partial charge in [-0.25, -0.2) is 0 Å². The van der Waals surface area contributed by atoms with Crippen LogP contribution < -0.4 is 30.5 Å². The molecule has 5 aromatic rings. The van der Waals surface area contributed by atoms with E-state index in [1.807, 2.05) is 66.2 Å². The molecule has 3 aromatic carbocycles. The van der Waals surface area contributed by atoms with Crippen LogP contribution >= 0.6 is 0 Å². The van der Waals surface area contributed by atoms with Gasteiger partial charge in [0.1, 0.15) is 17.4 Å². The van der Waals surface area contributed by atoms with Crippen LogP contribution in [0.4, 0.5) is 45.8 Å². The molecule has 0 amide bonds. The van der Waals surface area contributed by atoms with Gasteiger partial charge in [0.05, 0.1) is 66.2 Å². The van der Waals surface area contributed by atoms with Crippen molar-refractivity contribution in [3.05, 3.63) is 89.2 Å². The van der Waals surface area contributed by atoms with Crippen molar-refractivity contribution in [1.29, 1.82) is 0 Å². The van der Waals surface area contributed by atoms with Gasteiger partial charge < -0.3 is 35.4 Å². The molecule has 0 saturated carbocycles. The third-order valence-electron chi connectivity index (χ3n) is 9.84. The molecule has 0 spiro atoms. The molecule has 12 nitrogen and oxygen atoms in total. The second-order valence-electron chi connectivity index (χ2n) is 12.9. The molecule has 0 unspecified atom stereocenters. The topological polar surface area (TPSA) is 108 Å². The van der Waals surface area contributed by atoms with Crippen LogP contribution in [0.3, 0.4) is 0 Å². The highest BCUT2D eigenvalue weighted by Gasteiger charge is 2.31. The van der Waals surface area contributed by atoms with E-state index in [0.29, 0.717) is 25.3 Å². The van der Waals surface area contributed by atoms with Crippen molar-refractivity contribution in [3.63, 3.8) is 0 Å². The molecule has 1 fully saturated rings. The maximum atomic E-state index is 13.2. The Morgan fingerprint density at radius 1 is 0.816 bits per heavy atom. The number of hydrogen-bond donors (Lipinski definition) is 3. The number of aldehydes is 1. The van der Waals surface area contributed by atoms with Crippen molar-refractivity contribution >= 4 is 52.0 Å². The maximum absolute atomic E-state index is 13.2. The van der Waals surface area contributed by atoms with Crippen molar-refractivity contribution in [2.75, 3.05) is 59.8 Å². The molecule has 8 rings (SSSR count). The number of anilines is 8. The monoisotopic (exact) mass is 658 g/mol. The van der Waals surface area contributed by atoms with Crippen molar-refractivity contribution in [2.45, 2.75) is 26.4 Å². The normalized spacial score (nSPS) is 15.6. The maximum Gasteiger partial charge on any atom is 0.152 e. The first-order chi connectivity index (χ1) is 24.0. The lowest BCUT2D eigenvalue weighted by Gasteiger charge is -2.33. The highest BCUT2D eigenvalue weighted by molar-refractivity contribution is 5.96. The average Bonchev–Trinajstić information content (AvgIpc) is 3.52. The number of carbonyl (C=O) groups excluding carboxylic acids is 1. The van der Waals surface area contributed by atoms with E-state index in [1.165, 1.54) is 0 Å². The third-order valence-corrected chi connectivity index (χ3v) is 9.84. The summed E-state index contributed by atoms with van der Waals surface area (Å²) in [7, 11) is 3.89. The number of aryl methyl sites for hydroxylation is 2. The molecular weight excluding hydrogens is 616 g/mol. The molecule has 3 N–H and O–H groups in total. The number of para-hydroxylation sites is 4. The molecule has 49 heavy (non-hydrogen) atoms. The Kier molecular flexibility index (Phi) is 8.18. The lowest BCUT2D eigenvalue weighted by Crippen LogP contribution is -2.44. The van der Waals surface area contributed by atoms with E-state index >= 15 is 0 Å². The Hall–Kier alpha value is -5.33. The summed E-state index contributed by atoms with van der Waals surface area (Å²) in [5.74, 6) is 2.64. The predicted molar refractivity (Wildman–Crippen MR) is 194 cm³/mol. The van der Waals surface area contributed by atoms with Gasteiger partial charge in [0.2, 0.25) is 0 Å². The van der Waals surface area contributed by atoms with E-state index < -0.39 is 0 Å². The Morgan fingerprint density at radius 2 is 1.41 bits per heavy atom. The van der Waals surface area contributed by atoms with Crippen LogP contribution in [0.15, 0.2) is 67.0 Å². The molecule has 0 bridgehead atoms. The van der Waals surface area contributed by atoms with Gasteiger partial charge in [-0.1, -0.05) is 24.3 Å². The lowest BCUT2D eigenvalue weighted by atomic mass is 10.0. The molecule has 5 heterocycles. The summed E-state index contributed by atoms with van der Waals surface area (Å²) in [5, 5.41) is 19.7. The van der Waals surface area contributed by atoms with Gasteiger partial charge in [-0.2, -0.15) is 10.2 Å². The number of rotatable bonds is 8. The predicted octanol–water partition coefficient (Wildman–Crippen LogP) is 5.74. The molecule has 252 valence electrons. The fourth-order valence-electron chi connectivity index (χ4n) is 7.36. The zero-order chi connectivity index (χ0) is 33.5. The number of carbonyl (C=O) groups is 1. The molecule has 2 aromatic heterocycles. The molecule has 0 aliphatic carbocycles. The number of piperazine rings is 1. The van der Waals surface area contributed by atoms with Gasteiger partial charge in [-0.05, 0) is 43.7 Å². The summed E-state index contributed by atoms with van der Waals surface area (Å²) in [4.78, 5) is 20.2. The van der Waals surface area contributed by atoms with Crippen LogP contribution in [0.25, 0.3) is 0 Å². The number of ether oxygens (including phenoxy) is 1. The molecule has 0 radical (unpaired) electrons. The summed E-state index contributed by atoms with van der Waals surface area (Å²) in [5.41, 5.74) is 9.13. The first kappa shape index (κ1) is 31.0. The zero-order valence-corrected chi connectivity index (χ0v) is 28.2. The Morgan fingerprint density at radius 3 is 2.04 bits per heavy atom. The molecule has 0 atom stereocenters. The smallest absolute Gasteiger partial charge is 0.152 e. The van der Waals surface area contributed by atoms with Gasteiger partial charge in [-0.15, -0.1) is 0 Å². The highest BCUT2D eigenvalue weighted by Crippen LogP contribution is 2.50. The minimum absolute atomic E-state index is 0.534. The van der Waals surface area contributed by atoms with Crippen LogP contribution in [0.1, 0.15) is 33.5 Å². The van der Waals surface area contributed by atoms with Crippen LogP contribution in [-0.4, -0.2) is 70.1 Å². The molecule has 1 saturated heterocycles. The van der Waals surface area contributed by atoms with Gasteiger partial charge in [-0.3, -0.25) is 14.2 Å². The van der Waals surface area contributed by atoms with E-state index in [-0.39, 0.29) is 0 Å². The quantitative estimate of drug-likeness (QED) is 0.141. The molecular formula is C37H42N10O2. The summed E-state index contributed by atoms with van der Waals surface area (Å²) in [6.45, 7) is 8.82. The Balaban J connectivity index is 1.27. The minimum atomic E-state index is 0.534. The van der Waals surface area contributed by atoms with Gasteiger partial charge in [0.25, 0.3) is 0 Å². The molecule has 3 aliphatic rings. The number of nitrogens with one attached hydrogen (secondary N) is 3. The summed E-state index contributed by atoms with van der Waals surface area (Å²) >= 11 is 0. The van der Waals surface area contributed by atoms with Gasteiger partial charge in [0.15, 0.2) is 6.29 Å². The number of fused-ring (bicyclic) bond motifs is 4. The fraction of sp³-hybridized carbons (Fsp3) is 0.324. The number of nitrogens with zero attached hydrogens (tertiary/aromatic N) is 7. The second-order valence-corrected chi connectivity index (χ2v) is 12.9. The largest absolute Gasteiger partial charge is 0.491 e. The Bertz CT molecular complexity index is 2010. The minimum Gasteiger partial charge on any atom is -0.491 e. The summed E-state index contributed by atoms with van der Waals surface area (Å²) in [6, 6.07) is 18.5. The van der Waals surface area contributed by atoms with Gasteiger partial charge in [0, 0.05) is 69.1 Å². The standard InChI is InChI=1S/C37H42N10O2/c1-25-34(47-23-28-21-40-44(3)37(28)42-30-10-5-7-12-32(30)47)26(24-48)19-33(35(25)49-18-8-15-45-16-13-38-14-17-45)46-22-27-20-39-43(2)36(27)41-29-9-4-6-11-31(29)46/h4-7,9-12,19-21,24,38,41-42H,8,13-18,22-23H2,1-3H3. The lowest BCUT2D eigenvalue weighted by molar-refractivity contribution is 0.112. The zero-order valence-electron chi connectivity index (χ0n) is 28.2. The van der Waals surface area contributed by atoms with Crippen LogP contribution in [0.5, 0.6) is 5.75 Å². The summed E-state index contributed by atoms with van der Waals surface area (Å²) in [6.07, 6.45) is 5.67. The summed E-state index contributed by atoms with van der Waals surface area (Å²) < 4.78 is 10.6. The van der Waals surface area contributed by atoms with Gasteiger partial charge >= 0.3 is 0 Å². The molecule has 3 aliphatic heterocycles. The first-order valence-electron chi connectivity index (χ1n) is 17.0. The molecule has 12 heteroatoms. The van der Waals surface area contributed by atoms with Crippen LogP contribution in [-0.2, 0) is 27.2 Å². The first-order valence-corrected chi connectivity index (χ1v) is 17.0. The van der Waals surface area contributed by atoms with E-state index in [1.54, 1.807) is 0 Å². The van der Waals surface area contributed by atoms with Crippen molar-refractivity contribution in [1.82, 2.24) is 29.8 Å². The average molecular weight is 659 g/mol. The van der Waals surface area contributed by atoms with Crippen LogP contribution in [0, 0.1) is 6.92 Å². The number of hydrogen-bond acceptors (Lipinski definition) is 10. The highest BCUT2D eigenvalue weighted by atomic mass is 16.5. The van der Waals surface area contributed by atoms with E-state index in [4.69, 9.17) is 4.74 Å². The van der Waals surface area contributed by atoms with Crippen LogP contribution in [0.2, 0.25) is 0 Å². The van der Waals surface area contributed by atoms with Crippen molar-refractivity contribution < 1.29 is 9.53 Å². The SMILES string of the molecule is Cc1c(OCCCN2CCNCC2)c(N2Cc3cnn(C)c3Nc3ccccc32)cc(C=O)c1N1Cc2cnn(C)c2Nc2ccccc21. The number of aromatic nitrogens is 4. The Labute approximate surface area is 286 Å². The second kappa shape index (κ2) is 12.9. The third kappa shape index (κ3) is 5.66. The van der Waals surface area contributed by atoms with E-state index in [9.17, 15) is 4.79 Å². The number of benzene rings is 3. The fourth-order valence-corrected chi connectivity index (χ4v) is 7.36.